The van der Waals surface area contributed by atoms with E-state index in [-0.39, 0.29) is 29.7 Å². The van der Waals surface area contributed by atoms with Crippen LogP contribution in [0.4, 0.5) is 5.00 Å². The molecule has 1 aromatic heterocycles. The van der Waals surface area contributed by atoms with Crippen LogP contribution in [-0.2, 0) is 9.59 Å². The zero-order valence-electron chi connectivity index (χ0n) is 16.9. The number of carboxylic acid groups (broad SMARTS) is 1. The average molecular weight is 417 g/mol. The van der Waals surface area contributed by atoms with Gasteiger partial charge in [-0.2, -0.15) is 0 Å². The summed E-state index contributed by atoms with van der Waals surface area (Å²) >= 11 is 1.39. The summed E-state index contributed by atoms with van der Waals surface area (Å²) in [6.07, 6.45) is 9.84. The van der Waals surface area contributed by atoms with E-state index in [1.54, 1.807) is 0 Å². The number of hydrogen-bond donors (Lipinski definition) is 3. The molecule has 2 amide bonds. The van der Waals surface area contributed by atoms with Crippen LogP contribution in [0.3, 0.4) is 0 Å². The van der Waals surface area contributed by atoms with Crippen LogP contribution in [0.15, 0.2) is 12.2 Å². The van der Waals surface area contributed by atoms with Crippen LogP contribution in [0.5, 0.6) is 0 Å². The minimum Gasteiger partial charge on any atom is -0.481 e. The fourth-order valence-electron chi connectivity index (χ4n) is 5.20. The van der Waals surface area contributed by atoms with Gasteiger partial charge in [0.15, 0.2) is 0 Å². The second kappa shape index (κ2) is 7.94. The highest BCUT2D eigenvalue weighted by Gasteiger charge is 2.48. The van der Waals surface area contributed by atoms with E-state index in [0.29, 0.717) is 10.6 Å². The van der Waals surface area contributed by atoms with E-state index in [0.717, 1.165) is 49.0 Å². The first-order valence-electron chi connectivity index (χ1n) is 10.5. The largest absolute Gasteiger partial charge is 0.481 e. The van der Waals surface area contributed by atoms with E-state index in [4.69, 9.17) is 0 Å². The highest BCUT2D eigenvalue weighted by Crippen LogP contribution is 2.46. The number of carbonyl (C=O) groups is 3. The minimum atomic E-state index is -0.915. The van der Waals surface area contributed by atoms with Crippen molar-refractivity contribution in [1.82, 2.24) is 5.32 Å². The Kier molecular flexibility index (Phi) is 5.51. The Morgan fingerprint density at radius 3 is 2.21 bits per heavy atom. The predicted octanol–water partition coefficient (Wildman–Crippen LogP) is 3.89. The third kappa shape index (κ3) is 3.72. The van der Waals surface area contributed by atoms with Gasteiger partial charge in [-0.3, -0.25) is 14.4 Å². The zero-order valence-corrected chi connectivity index (χ0v) is 17.7. The molecule has 1 aromatic rings. The van der Waals surface area contributed by atoms with Crippen LogP contribution in [-0.4, -0.2) is 28.9 Å². The molecular formula is C22H28N2O4S. The number of carboxylic acids is 1. The molecule has 6 nitrogen and oxygen atoms in total. The van der Waals surface area contributed by atoms with Gasteiger partial charge in [-0.15, -0.1) is 11.3 Å². The molecule has 1 heterocycles. The highest BCUT2D eigenvalue weighted by atomic mass is 32.1. The van der Waals surface area contributed by atoms with E-state index in [1.165, 1.54) is 11.3 Å². The summed E-state index contributed by atoms with van der Waals surface area (Å²) in [6, 6.07) is 0.196. The Bertz CT molecular complexity index is 868. The summed E-state index contributed by atoms with van der Waals surface area (Å²) in [5.41, 5.74) is 1.40. The van der Waals surface area contributed by atoms with E-state index >= 15 is 0 Å². The lowest BCUT2D eigenvalue weighted by Crippen LogP contribution is -2.47. The maximum Gasteiger partial charge on any atom is 0.307 e. The van der Waals surface area contributed by atoms with E-state index in [1.807, 2.05) is 26.0 Å². The van der Waals surface area contributed by atoms with Crippen molar-refractivity contribution in [3.8, 4) is 0 Å². The summed E-state index contributed by atoms with van der Waals surface area (Å²) in [5, 5.41) is 16.3. The molecule has 0 saturated heterocycles. The van der Waals surface area contributed by atoms with Crippen molar-refractivity contribution >= 4 is 34.1 Å². The van der Waals surface area contributed by atoms with E-state index in [2.05, 4.69) is 10.6 Å². The number of aryl methyl sites for hydroxylation is 1. The number of carbonyl (C=O) groups excluding carboxylic acids is 2. The molecule has 7 heteroatoms. The van der Waals surface area contributed by atoms with Gasteiger partial charge >= 0.3 is 5.97 Å². The Balaban J connectivity index is 1.57. The van der Waals surface area contributed by atoms with Crippen molar-refractivity contribution in [3.63, 3.8) is 0 Å². The molecule has 0 radical (unpaired) electrons. The fraction of sp³-hybridized carbons (Fsp3) is 0.591. The van der Waals surface area contributed by atoms with Gasteiger partial charge in [0.05, 0.1) is 17.4 Å². The molecule has 4 aliphatic rings. The number of thiophene rings is 1. The molecule has 0 aromatic carbocycles. The number of nitrogens with one attached hydrogen (secondary N) is 2. The molecule has 4 atom stereocenters. The number of hydrogen-bond acceptors (Lipinski definition) is 4. The minimum absolute atomic E-state index is 0.0565. The molecule has 0 aliphatic heterocycles. The third-order valence-corrected chi connectivity index (χ3v) is 8.00. The van der Waals surface area contributed by atoms with Crippen LogP contribution in [0.25, 0.3) is 0 Å². The molecule has 4 aliphatic carbocycles. The van der Waals surface area contributed by atoms with Crippen molar-refractivity contribution in [3.05, 3.63) is 28.2 Å². The number of aliphatic carboxylic acids is 1. The number of fused-ring (bicyclic) bond motifs is 2. The maximum absolute atomic E-state index is 13.2. The van der Waals surface area contributed by atoms with E-state index < -0.39 is 17.8 Å². The van der Waals surface area contributed by atoms with Gasteiger partial charge < -0.3 is 15.7 Å². The van der Waals surface area contributed by atoms with Crippen molar-refractivity contribution < 1.29 is 19.5 Å². The average Bonchev–Trinajstić information content (AvgIpc) is 3.29. The smallest absolute Gasteiger partial charge is 0.307 e. The lowest BCUT2D eigenvalue weighted by molar-refractivity contribution is -0.151. The van der Waals surface area contributed by atoms with Crippen LogP contribution < -0.4 is 10.6 Å². The topological polar surface area (TPSA) is 95.5 Å². The quantitative estimate of drug-likeness (QED) is 0.635. The Morgan fingerprint density at radius 2 is 1.62 bits per heavy atom. The number of amides is 2. The molecule has 2 fully saturated rings. The standard InChI is InChI=1S/C22H28N2O4S/c1-11-12(2)29-21(16(11)19(25)23-15-5-3-4-6-15)24-20(26)17-13-7-9-14(10-8-13)18(17)22(27)28/h7,9,13-15,17-18H,3-6,8,10H2,1-2H3,(H,23,25)(H,24,26)(H,27,28). The predicted molar refractivity (Wildman–Crippen MR) is 112 cm³/mol. The van der Waals surface area contributed by atoms with Gasteiger partial charge in [0, 0.05) is 10.9 Å². The number of rotatable bonds is 5. The maximum atomic E-state index is 13.2. The van der Waals surface area contributed by atoms with Crippen LogP contribution in [0.2, 0.25) is 0 Å². The SMILES string of the molecule is Cc1sc(NC(=O)C2C3C=CC(CC3)C2C(=O)O)c(C(=O)NC2CCCC2)c1C. The van der Waals surface area contributed by atoms with Crippen LogP contribution >= 0.6 is 11.3 Å². The summed E-state index contributed by atoms with van der Waals surface area (Å²) in [4.78, 5) is 39.0. The first-order valence-corrected chi connectivity index (χ1v) is 11.3. The second-order valence-corrected chi connectivity index (χ2v) is 9.84. The third-order valence-electron chi connectivity index (χ3n) is 6.88. The molecule has 4 unspecified atom stereocenters. The summed E-state index contributed by atoms with van der Waals surface area (Å²) < 4.78 is 0. The van der Waals surface area contributed by atoms with Crippen molar-refractivity contribution in [2.24, 2.45) is 23.7 Å². The Hall–Kier alpha value is -2.15. The highest BCUT2D eigenvalue weighted by molar-refractivity contribution is 7.16. The monoisotopic (exact) mass is 416 g/mol. The first kappa shape index (κ1) is 20.1. The van der Waals surface area contributed by atoms with E-state index in [9.17, 15) is 19.5 Å². The van der Waals surface area contributed by atoms with Crippen molar-refractivity contribution in [1.29, 1.82) is 0 Å². The molecule has 3 N–H and O–H groups in total. The second-order valence-electron chi connectivity index (χ2n) is 8.61. The first-order chi connectivity index (χ1) is 13.9. The number of allylic oxidation sites excluding steroid dienone is 2. The lowest BCUT2D eigenvalue weighted by atomic mass is 9.62. The van der Waals surface area contributed by atoms with Gasteiger partial charge in [-0.1, -0.05) is 25.0 Å². The fourth-order valence-corrected chi connectivity index (χ4v) is 6.26. The molecular weight excluding hydrogens is 388 g/mol. The molecule has 0 spiro atoms. The van der Waals surface area contributed by atoms with Crippen LogP contribution in [0.1, 0.15) is 59.3 Å². The van der Waals surface area contributed by atoms with Gasteiger partial charge in [-0.05, 0) is 56.9 Å². The lowest BCUT2D eigenvalue weighted by Gasteiger charge is -2.41. The van der Waals surface area contributed by atoms with Gasteiger partial charge in [0.1, 0.15) is 5.00 Å². The van der Waals surface area contributed by atoms with Gasteiger partial charge in [-0.25, -0.2) is 0 Å². The van der Waals surface area contributed by atoms with Crippen LogP contribution in [0, 0.1) is 37.5 Å². The molecule has 5 rings (SSSR count). The normalized spacial score (nSPS) is 28.5. The Labute approximate surface area is 174 Å². The molecule has 29 heavy (non-hydrogen) atoms. The van der Waals surface area contributed by atoms with Crippen molar-refractivity contribution in [2.45, 2.75) is 58.4 Å². The van der Waals surface area contributed by atoms with Gasteiger partial charge in [0.2, 0.25) is 5.91 Å². The van der Waals surface area contributed by atoms with Gasteiger partial charge in [0.25, 0.3) is 5.91 Å². The Morgan fingerprint density at radius 1 is 1.00 bits per heavy atom. The molecule has 156 valence electrons. The zero-order chi connectivity index (χ0) is 20.7. The summed E-state index contributed by atoms with van der Waals surface area (Å²) in [6.45, 7) is 3.84. The molecule has 2 saturated carbocycles. The van der Waals surface area contributed by atoms with Crippen molar-refractivity contribution in [2.75, 3.05) is 5.32 Å². The summed E-state index contributed by atoms with van der Waals surface area (Å²) in [7, 11) is 0. The number of anilines is 1. The summed E-state index contributed by atoms with van der Waals surface area (Å²) in [5.74, 6) is -2.78. The molecule has 2 bridgehead atoms.